The maximum atomic E-state index is 13.9. The fourth-order valence-electron chi connectivity index (χ4n) is 3.47. The van der Waals surface area contributed by atoms with Gasteiger partial charge in [-0.2, -0.15) is 0 Å². The Hall–Kier alpha value is -0.880. The molecule has 0 amide bonds. The van der Waals surface area contributed by atoms with E-state index >= 15 is 0 Å². The SMILES string of the molecule is O=S1C2CCCC1CC(O)(c1c(F)cc(F)cc1F)C2. The molecule has 2 aliphatic rings. The van der Waals surface area contributed by atoms with Crippen LogP contribution in [0, 0.1) is 17.5 Å². The van der Waals surface area contributed by atoms with E-state index < -0.39 is 39.4 Å². The van der Waals surface area contributed by atoms with Crippen LogP contribution in [0.4, 0.5) is 13.2 Å². The van der Waals surface area contributed by atoms with Gasteiger partial charge in [0.2, 0.25) is 0 Å². The van der Waals surface area contributed by atoms with Crippen LogP contribution in [0.2, 0.25) is 0 Å². The number of benzene rings is 1. The van der Waals surface area contributed by atoms with Gasteiger partial charge < -0.3 is 5.11 Å². The highest BCUT2D eigenvalue weighted by atomic mass is 32.2. The van der Waals surface area contributed by atoms with Crippen LogP contribution in [0.15, 0.2) is 12.1 Å². The Kier molecular flexibility index (Phi) is 3.41. The van der Waals surface area contributed by atoms with Gasteiger partial charge in [-0.15, -0.1) is 0 Å². The highest BCUT2D eigenvalue weighted by Crippen LogP contribution is 2.45. The van der Waals surface area contributed by atoms with Crippen molar-refractivity contribution in [2.24, 2.45) is 0 Å². The molecule has 0 saturated carbocycles. The number of rotatable bonds is 1. The van der Waals surface area contributed by atoms with Crippen molar-refractivity contribution in [2.75, 3.05) is 0 Å². The van der Waals surface area contributed by atoms with Crippen LogP contribution in [-0.2, 0) is 16.4 Å². The van der Waals surface area contributed by atoms with Gasteiger partial charge in [-0.3, -0.25) is 4.21 Å². The predicted molar refractivity (Wildman–Crippen MR) is 69.0 cm³/mol. The van der Waals surface area contributed by atoms with Crippen molar-refractivity contribution in [3.05, 3.63) is 35.1 Å². The molecule has 0 spiro atoms. The van der Waals surface area contributed by atoms with Crippen LogP contribution in [-0.4, -0.2) is 19.8 Å². The van der Waals surface area contributed by atoms with Crippen LogP contribution in [0.1, 0.15) is 37.7 Å². The summed E-state index contributed by atoms with van der Waals surface area (Å²) in [5.41, 5.74) is -2.17. The molecule has 2 heterocycles. The van der Waals surface area contributed by atoms with Gasteiger partial charge in [-0.25, -0.2) is 13.2 Å². The molecule has 110 valence electrons. The van der Waals surface area contributed by atoms with E-state index in [9.17, 15) is 22.5 Å². The summed E-state index contributed by atoms with van der Waals surface area (Å²) in [4.78, 5) is 0. The molecule has 0 radical (unpaired) electrons. The molecule has 1 aromatic carbocycles. The molecular formula is C14H15F3O2S. The quantitative estimate of drug-likeness (QED) is 0.866. The summed E-state index contributed by atoms with van der Waals surface area (Å²) < 4.78 is 52.9. The standard InChI is InChI=1S/C14H15F3O2S/c15-8-4-11(16)13(12(17)5-8)14(18)6-9-2-1-3-10(7-14)20(9)19/h4-5,9-10,18H,1-3,6-7H2. The van der Waals surface area contributed by atoms with Crippen molar-refractivity contribution >= 4 is 10.8 Å². The first-order chi connectivity index (χ1) is 9.40. The minimum atomic E-state index is -1.69. The second kappa shape index (κ2) is 4.84. The monoisotopic (exact) mass is 304 g/mol. The molecule has 0 aromatic heterocycles. The molecule has 6 heteroatoms. The van der Waals surface area contributed by atoms with Gasteiger partial charge in [0.15, 0.2) is 0 Å². The lowest BCUT2D eigenvalue weighted by atomic mass is 9.80. The molecular weight excluding hydrogens is 289 g/mol. The lowest BCUT2D eigenvalue weighted by molar-refractivity contribution is -0.000104. The van der Waals surface area contributed by atoms with E-state index in [-0.39, 0.29) is 23.3 Å². The summed E-state index contributed by atoms with van der Waals surface area (Å²) in [6.07, 6.45) is 2.43. The number of aliphatic hydroxyl groups is 1. The van der Waals surface area contributed by atoms with Crippen molar-refractivity contribution in [1.29, 1.82) is 0 Å². The molecule has 0 aliphatic carbocycles. The Balaban J connectivity index is 2.03. The molecule has 2 saturated heterocycles. The summed E-state index contributed by atoms with van der Waals surface area (Å²) in [5.74, 6) is -3.15. The maximum absolute atomic E-state index is 13.9. The first-order valence-electron chi connectivity index (χ1n) is 6.67. The fraction of sp³-hybridized carbons (Fsp3) is 0.571. The van der Waals surface area contributed by atoms with Crippen LogP contribution < -0.4 is 0 Å². The molecule has 2 unspecified atom stereocenters. The Morgan fingerprint density at radius 1 is 1.10 bits per heavy atom. The predicted octanol–water partition coefficient (Wildman–Crippen LogP) is 2.76. The minimum absolute atomic E-state index is 0.0651. The molecule has 2 nitrogen and oxygen atoms in total. The molecule has 2 bridgehead atoms. The van der Waals surface area contributed by atoms with Crippen molar-refractivity contribution in [2.45, 2.75) is 48.2 Å². The van der Waals surface area contributed by atoms with Gasteiger partial charge >= 0.3 is 0 Å². The highest BCUT2D eigenvalue weighted by molar-refractivity contribution is 7.86. The normalized spacial score (nSPS) is 36.9. The lowest BCUT2D eigenvalue weighted by Gasteiger charge is -2.43. The average molecular weight is 304 g/mol. The largest absolute Gasteiger partial charge is 0.385 e. The molecule has 3 rings (SSSR count). The van der Waals surface area contributed by atoms with Crippen molar-refractivity contribution in [3.8, 4) is 0 Å². The van der Waals surface area contributed by atoms with Crippen molar-refractivity contribution in [1.82, 2.24) is 0 Å². The number of hydrogen-bond acceptors (Lipinski definition) is 2. The zero-order chi connectivity index (χ0) is 14.5. The van der Waals surface area contributed by atoms with Crippen molar-refractivity contribution in [3.63, 3.8) is 0 Å². The van der Waals surface area contributed by atoms with Gasteiger partial charge in [-0.05, 0) is 25.7 Å². The van der Waals surface area contributed by atoms with Crippen LogP contribution in [0.25, 0.3) is 0 Å². The fourth-order valence-corrected chi connectivity index (χ4v) is 5.70. The molecule has 2 aliphatic heterocycles. The average Bonchev–Trinajstić information content (AvgIpc) is 2.30. The topological polar surface area (TPSA) is 37.3 Å². The Morgan fingerprint density at radius 2 is 1.60 bits per heavy atom. The molecule has 1 N–H and O–H groups in total. The van der Waals surface area contributed by atoms with Crippen LogP contribution in [0.5, 0.6) is 0 Å². The number of fused-ring (bicyclic) bond motifs is 2. The van der Waals surface area contributed by atoms with E-state index in [1.54, 1.807) is 0 Å². The Labute approximate surface area is 117 Å². The van der Waals surface area contributed by atoms with Gasteiger partial charge in [0, 0.05) is 33.4 Å². The second-order valence-electron chi connectivity index (χ2n) is 5.69. The zero-order valence-electron chi connectivity index (χ0n) is 10.7. The van der Waals surface area contributed by atoms with Gasteiger partial charge in [0.25, 0.3) is 0 Å². The number of hydrogen-bond donors (Lipinski definition) is 1. The Bertz CT molecular complexity index is 537. The minimum Gasteiger partial charge on any atom is -0.385 e. The maximum Gasteiger partial charge on any atom is 0.135 e. The van der Waals surface area contributed by atoms with Crippen molar-refractivity contribution < 1.29 is 22.5 Å². The van der Waals surface area contributed by atoms with Gasteiger partial charge in [-0.1, -0.05) is 6.42 Å². The van der Waals surface area contributed by atoms with Crippen LogP contribution >= 0.6 is 0 Å². The van der Waals surface area contributed by atoms with Gasteiger partial charge in [0.05, 0.1) is 11.2 Å². The van der Waals surface area contributed by atoms with E-state index in [2.05, 4.69) is 0 Å². The smallest absolute Gasteiger partial charge is 0.135 e. The first-order valence-corrected chi connectivity index (χ1v) is 7.95. The summed E-state index contributed by atoms with van der Waals surface area (Å²) in [5, 5.41) is 10.2. The second-order valence-corrected chi connectivity index (χ2v) is 7.68. The summed E-state index contributed by atoms with van der Waals surface area (Å²) >= 11 is 0. The third-order valence-corrected chi connectivity index (χ3v) is 6.43. The van der Waals surface area contributed by atoms with E-state index in [0.29, 0.717) is 25.0 Å². The van der Waals surface area contributed by atoms with Crippen LogP contribution in [0.3, 0.4) is 0 Å². The lowest BCUT2D eigenvalue weighted by Crippen LogP contribution is -2.48. The molecule has 20 heavy (non-hydrogen) atoms. The zero-order valence-corrected chi connectivity index (χ0v) is 11.6. The van der Waals surface area contributed by atoms with E-state index in [4.69, 9.17) is 0 Å². The highest BCUT2D eigenvalue weighted by Gasteiger charge is 2.48. The summed E-state index contributed by atoms with van der Waals surface area (Å²) in [6, 6.07) is 1.16. The summed E-state index contributed by atoms with van der Waals surface area (Å²) in [6.45, 7) is 0. The molecule has 2 fully saturated rings. The number of halogens is 3. The van der Waals surface area contributed by atoms with Gasteiger partial charge in [0.1, 0.15) is 17.5 Å². The Morgan fingerprint density at radius 3 is 2.10 bits per heavy atom. The summed E-state index contributed by atoms with van der Waals surface area (Å²) in [7, 11) is -1.05. The third-order valence-electron chi connectivity index (χ3n) is 4.31. The third kappa shape index (κ3) is 2.19. The van der Waals surface area contributed by atoms with E-state index in [1.165, 1.54) is 0 Å². The van der Waals surface area contributed by atoms with E-state index in [0.717, 1.165) is 6.42 Å². The molecule has 2 atom stereocenters. The first kappa shape index (κ1) is 14.1. The molecule has 1 aromatic rings. The van der Waals surface area contributed by atoms with E-state index in [1.807, 2.05) is 0 Å².